The van der Waals surface area contributed by atoms with Crippen LogP contribution >= 0.6 is 0 Å². The lowest BCUT2D eigenvalue weighted by atomic mass is 9.92. The number of hydrogen-bond acceptors (Lipinski definition) is 11. The Kier molecular flexibility index (Phi) is 11.1. The first kappa shape index (κ1) is 43.6. The third-order valence-electron chi connectivity index (χ3n) is 14.3. The van der Waals surface area contributed by atoms with E-state index in [9.17, 15) is 19.2 Å². The number of amides is 3. The van der Waals surface area contributed by atoms with Crippen LogP contribution in [-0.4, -0.2) is 114 Å². The number of fused-ring (bicyclic) bond motifs is 3. The van der Waals surface area contributed by atoms with Crippen molar-refractivity contribution in [1.82, 2.24) is 49.1 Å². The van der Waals surface area contributed by atoms with Crippen molar-refractivity contribution in [3.8, 4) is 23.1 Å². The number of carbonyl (C=O) groups excluding carboxylic acids is 3. The molecule has 3 N–H and O–H groups in total. The van der Waals surface area contributed by atoms with E-state index in [1.165, 1.54) is 9.13 Å². The monoisotopic (exact) mass is 922 g/mol. The number of aromatic nitrogens is 6. The van der Waals surface area contributed by atoms with Crippen molar-refractivity contribution in [2.24, 2.45) is 13.0 Å². The Hall–Kier alpha value is -6.97. The maximum atomic E-state index is 16.0. The van der Waals surface area contributed by atoms with Crippen LogP contribution in [0.2, 0.25) is 0 Å². The first-order valence-corrected chi connectivity index (χ1v) is 23.5. The smallest absolute Gasteiger partial charge is 0.329 e. The fourth-order valence-corrected chi connectivity index (χ4v) is 10.6. The maximum absolute atomic E-state index is 16.0. The van der Waals surface area contributed by atoms with Crippen molar-refractivity contribution in [2.75, 3.05) is 50.0 Å². The van der Waals surface area contributed by atoms with Gasteiger partial charge in [-0.1, -0.05) is 30.0 Å². The molecule has 1 aliphatic carbocycles. The van der Waals surface area contributed by atoms with Gasteiger partial charge in [0.1, 0.15) is 6.04 Å². The van der Waals surface area contributed by atoms with Gasteiger partial charge in [-0.3, -0.25) is 43.6 Å². The summed E-state index contributed by atoms with van der Waals surface area (Å²) in [5.74, 6) is 3.47. The molecule has 1 saturated carbocycles. The average Bonchev–Trinajstić information content (AvgIpc) is 3.77. The van der Waals surface area contributed by atoms with Crippen LogP contribution in [0.4, 0.5) is 26.0 Å². The average molecular weight is 923 g/mol. The van der Waals surface area contributed by atoms with Crippen LogP contribution in [0.5, 0.6) is 0 Å². The number of carbonyl (C=O) groups is 3. The highest BCUT2D eigenvalue weighted by Gasteiger charge is 2.48. The zero-order valence-electron chi connectivity index (χ0n) is 38.0. The zero-order valence-corrected chi connectivity index (χ0v) is 38.0. The van der Waals surface area contributed by atoms with Gasteiger partial charge < -0.3 is 15.5 Å². The van der Waals surface area contributed by atoms with E-state index in [4.69, 9.17) is 10.1 Å². The molecule has 8 heterocycles. The lowest BCUT2D eigenvalue weighted by Crippen LogP contribution is -2.59. The van der Waals surface area contributed by atoms with Crippen molar-refractivity contribution >= 4 is 51.6 Å². The third kappa shape index (κ3) is 8.06. The molecule has 0 spiro atoms. The van der Waals surface area contributed by atoms with Gasteiger partial charge in [0.2, 0.25) is 11.8 Å². The fourth-order valence-electron chi connectivity index (χ4n) is 10.6. The van der Waals surface area contributed by atoms with Gasteiger partial charge >= 0.3 is 5.69 Å². The molecular weight excluding hydrogens is 871 g/mol. The quantitative estimate of drug-likeness (QED) is 0.132. The molecule has 2 aromatic carbocycles. The lowest BCUT2D eigenvalue weighted by Gasteiger charge is -2.45. The minimum absolute atomic E-state index is 0.0563. The molecule has 4 aromatic heterocycles. The number of halogens is 2. The minimum atomic E-state index is -2.88. The normalized spacial score (nSPS) is 21.1. The molecule has 68 heavy (non-hydrogen) atoms. The Bertz CT molecular complexity index is 3120. The number of anilines is 3. The summed E-state index contributed by atoms with van der Waals surface area (Å²) in [6.07, 6.45) is 8.28. The van der Waals surface area contributed by atoms with Crippen LogP contribution in [0.1, 0.15) is 78.2 Å². The van der Waals surface area contributed by atoms with Gasteiger partial charge in [-0.25, -0.2) is 23.1 Å². The highest BCUT2D eigenvalue weighted by Crippen LogP contribution is 2.40. The van der Waals surface area contributed by atoms with Gasteiger partial charge in [0.25, 0.3) is 11.8 Å². The number of nitrogens with one attached hydrogen (secondary N) is 3. The molecule has 2 unspecified atom stereocenters. The highest BCUT2D eigenvalue weighted by atomic mass is 19.3. The van der Waals surface area contributed by atoms with E-state index >= 15 is 8.78 Å². The van der Waals surface area contributed by atoms with Crippen LogP contribution < -0.4 is 26.5 Å². The zero-order chi connectivity index (χ0) is 46.8. The Morgan fingerprint density at radius 3 is 2.50 bits per heavy atom. The molecule has 18 heteroatoms. The van der Waals surface area contributed by atoms with Crippen LogP contribution in [0, 0.1) is 17.8 Å². The van der Waals surface area contributed by atoms with E-state index in [0.29, 0.717) is 80.2 Å². The summed E-state index contributed by atoms with van der Waals surface area (Å²) < 4.78 is 36.5. The molecule has 350 valence electrons. The molecule has 11 rings (SSSR count). The van der Waals surface area contributed by atoms with Gasteiger partial charge in [-0.05, 0) is 99.5 Å². The van der Waals surface area contributed by atoms with Gasteiger partial charge in [-0.15, -0.1) is 5.10 Å². The van der Waals surface area contributed by atoms with Crippen LogP contribution in [0.3, 0.4) is 0 Å². The van der Waals surface area contributed by atoms with Crippen molar-refractivity contribution in [1.29, 1.82) is 0 Å². The highest BCUT2D eigenvalue weighted by molar-refractivity contribution is 6.00. The second kappa shape index (κ2) is 17.3. The minimum Gasteiger partial charge on any atom is -0.385 e. The topological polar surface area (TPSA) is 167 Å². The van der Waals surface area contributed by atoms with Crippen LogP contribution in [0.25, 0.3) is 27.9 Å². The van der Waals surface area contributed by atoms with Gasteiger partial charge in [0.15, 0.2) is 17.2 Å². The fraction of sp³-hybridized carbons (Fsp3) is 0.420. The number of piperidine rings is 3. The number of hydrogen-bond donors (Lipinski definition) is 3. The number of imide groups is 1. The summed E-state index contributed by atoms with van der Waals surface area (Å²) >= 11 is 0. The summed E-state index contributed by atoms with van der Waals surface area (Å²) in [7, 11) is 3.48. The second-order valence-corrected chi connectivity index (χ2v) is 18.8. The molecule has 3 amide bonds. The Balaban J connectivity index is 0.706. The maximum Gasteiger partial charge on any atom is 0.329 e. The number of pyridine rings is 1. The lowest BCUT2D eigenvalue weighted by molar-refractivity contribution is -0.135. The van der Waals surface area contributed by atoms with E-state index < -0.39 is 23.9 Å². The Labute approximate surface area is 390 Å². The molecule has 6 aromatic rings. The van der Waals surface area contributed by atoms with E-state index in [1.54, 1.807) is 30.0 Å². The molecule has 3 saturated heterocycles. The Morgan fingerprint density at radius 2 is 1.75 bits per heavy atom. The van der Waals surface area contributed by atoms with Gasteiger partial charge in [-0.2, -0.15) is 0 Å². The SMILES string of the molecule is CNc1cc(N2CCc3c(-c4ccc(CN5CCC(N6CCC(C#Cc7ccc8c(c7)n(C)c(=O)n8C7CCC(=O)NC7=O)CC6)C(F)(F)C5)cn4)cccc32)nn2c(C(=O)NC3CC3)cnc12. The first-order chi connectivity index (χ1) is 32.9. The summed E-state index contributed by atoms with van der Waals surface area (Å²) in [5.41, 5.74) is 8.22. The van der Waals surface area contributed by atoms with Gasteiger partial charge in [0.05, 0.1) is 41.2 Å². The predicted molar refractivity (Wildman–Crippen MR) is 252 cm³/mol. The van der Waals surface area contributed by atoms with Gasteiger partial charge in [0, 0.05) is 81.2 Å². The summed E-state index contributed by atoms with van der Waals surface area (Å²) in [5, 5.41) is 13.5. The number of nitrogens with zero attached hydrogens (tertiary/aromatic N) is 9. The van der Waals surface area contributed by atoms with Crippen molar-refractivity contribution < 1.29 is 23.2 Å². The number of alkyl halides is 2. The molecule has 16 nitrogen and oxygen atoms in total. The molecule has 4 aliphatic heterocycles. The first-order valence-electron chi connectivity index (χ1n) is 23.5. The third-order valence-corrected chi connectivity index (χ3v) is 14.3. The molecule has 0 bridgehead atoms. The van der Waals surface area contributed by atoms with E-state index in [0.717, 1.165) is 58.6 Å². The van der Waals surface area contributed by atoms with E-state index in [2.05, 4.69) is 49.8 Å². The number of benzene rings is 2. The number of aryl methyl sites for hydroxylation is 1. The molecule has 2 atom stereocenters. The number of imidazole rings is 2. The largest absolute Gasteiger partial charge is 0.385 e. The standard InChI is InChI=1S/C50H52F2N12O4/c1-53-37-25-44(58-64-42(27-55-46(37)64)48(67)56-33-10-11-33)62-23-18-35-34(4-3-5-38(35)62)36-12-8-32(26-54-36)28-60-20-19-43(50(51,52)29-60)61-21-16-30(17-22-61)6-7-31-9-13-39-41(24-31)59(2)49(68)63(39)40-14-15-45(65)57-47(40)66/h3-5,8-9,12-13,24-27,30,33,40,43,53H,10-11,14-23,28-29H2,1-2H3,(H,56,67)(H,57,65,66). The number of rotatable bonds is 9. The van der Waals surface area contributed by atoms with Crippen LogP contribution in [-0.2, 0) is 29.6 Å². The van der Waals surface area contributed by atoms with E-state index in [-0.39, 0.29) is 48.9 Å². The molecule has 4 fully saturated rings. The van der Waals surface area contributed by atoms with E-state index in [1.807, 2.05) is 53.2 Å². The van der Waals surface area contributed by atoms with Crippen molar-refractivity contribution in [2.45, 2.75) is 82.0 Å². The summed E-state index contributed by atoms with van der Waals surface area (Å²) in [6, 6.07) is 16.1. The van der Waals surface area contributed by atoms with Crippen molar-refractivity contribution in [3.05, 3.63) is 99.9 Å². The number of likely N-dealkylation sites (tertiary alicyclic amines) is 2. The summed E-state index contributed by atoms with van der Waals surface area (Å²) in [4.78, 5) is 65.8. The molecule has 0 radical (unpaired) electrons. The Morgan fingerprint density at radius 1 is 0.912 bits per heavy atom. The predicted octanol–water partition coefficient (Wildman–Crippen LogP) is 5.02. The molecular formula is C50H52F2N12O4. The van der Waals surface area contributed by atoms with Crippen molar-refractivity contribution in [3.63, 3.8) is 0 Å². The van der Waals surface area contributed by atoms with Crippen LogP contribution in [0.15, 0.2) is 71.8 Å². The second-order valence-electron chi connectivity index (χ2n) is 18.8. The summed E-state index contributed by atoms with van der Waals surface area (Å²) in [6.45, 7) is 2.39. The molecule has 5 aliphatic rings.